The average Bonchev–Trinajstić information content (AvgIpc) is 3.51. The van der Waals surface area contributed by atoms with Crippen LogP contribution in [0.1, 0.15) is 65.7 Å². The molecule has 0 aromatic rings. The van der Waals surface area contributed by atoms with Crippen LogP contribution in [0.2, 0.25) is 0 Å². The minimum absolute atomic E-state index is 0.0855. The zero-order chi connectivity index (χ0) is 23.7. The van der Waals surface area contributed by atoms with Crippen molar-refractivity contribution < 1.29 is 28.6 Å². The molecule has 182 valence electrons. The van der Waals surface area contributed by atoms with Crippen molar-refractivity contribution in [1.29, 1.82) is 0 Å². The summed E-state index contributed by atoms with van der Waals surface area (Å²) in [5.41, 5.74) is 1.54. The first-order chi connectivity index (χ1) is 15.7. The third-order valence-corrected chi connectivity index (χ3v) is 10.6. The summed E-state index contributed by atoms with van der Waals surface area (Å²) >= 11 is 0. The van der Waals surface area contributed by atoms with E-state index in [0.29, 0.717) is 36.5 Å². The maximum atomic E-state index is 12.3. The van der Waals surface area contributed by atoms with Crippen LogP contribution in [0, 0.1) is 46.3 Å². The predicted molar refractivity (Wildman–Crippen MR) is 121 cm³/mol. The number of ketones is 1. The van der Waals surface area contributed by atoms with Gasteiger partial charge in [0.15, 0.2) is 11.7 Å². The Bertz CT molecular complexity index is 877. The van der Waals surface area contributed by atoms with Crippen molar-refractivity contribution >= 4 is 17.7 Å². The minimum atomic E-state index is -0.855. The molecule has 5 rings (SSSR count). The van der Waals surface area contributed by atoms with Gasteiger partial charge in [0.1, 0.15) is 6.10 Å². The molecule has 1 aliphatic heterocycles. The molecule has 0 aromatic carbocycles. The first kappa shape index (κ1) is 23.1. The number of esters is 2. The second-order valence-electron chi connectivity index (χ2n) is 11.8. The zero-order valence-electron chi connectivity index (χ0n) is 20.6. The topological polar surface area (TPSA) is 82.2 Å². The van der Waals surface area contributed by atoms with Crippen LogP contribution in [0.15, 0.2) is 11.6 Å². The highest BCUT2D eigenvalue weighted by atomic mass is 16.6. The lowest BCUT2D eigenvalue weighted by molar-refractivity contribution is -0.160. The molecule has 4 fully saturated rings. The van der Waals surface area contributed by atoms with E-state index in [2.05, 4.69) is 20.8 Å². The number of fused-ring (bicyclic) bond motifs is 8. The first-order valence-corrected chi connectivity index (χ1v) is 12.7. The van der Waals surface area contributed by atoms with E-state index < -0.39 is 17.9 Å². The number of ether oxygens (including phenoxy) is 3. The van der Waals surface area contributed by atoms with Crippen LogP contribution in [0.25, 0.3) is 0 Å². The van der Waals surface area contributed by atoms with Gasteiger partial charge in [-0.2, -0.15) is 0 Å². The van der Waals surface area contributed by atoms with Gasteiger partial charge in [0.25, 0.3) is 0 Å². The number of methoxy groups -OCH3 is 2. The second kappa shape index (κ2) is 7.93. The Hall–Kier alpha value is -1.69. The molecule has 9 atom stereocenters. The maximum Gasteiger partial charge on any atom is 0.320 e. The minimum Gasteiger partial charge on any atom is -0.468 e. The van der Waals surface area contributed by atoms with Crippen LogP contribution in [-0.2, 0) is 28.6 Å². The largest absolute Gasteiger partial charge is 0.468 e. The summed E-state index contributed by atoms with van der Waals surface area (Å²) in [4.78, 5) is 36.7. The Morgan fingerprint density at radius 1 is 1.09 bits per heavy atom. The Balaban J connectivity index is 1.38. The first-order valence-electron chi connectivity index (χ1n) is 12.7. The number of epoxide rings is 1. The molecule has 3 saturated carbocycles. The number of carbonyl (C=O) groups excluding carboxylic acids is 3. The van der Waals surface area contributed by atoms with Crippen molar-refractivity contribution in [3.63, 3.8) is 0 Å². The standard InChI is InChI=1S/C27H38O6/c1-14(12-16(24(29)31-4)25(30)32-5)17-6-7-18-21-19(9-11-26(17,18)2)27(3)10-8-15(28)13-20(27)22-23(21)33-22/h13-14,16-19,21-23H,6-12H2,1-5H3/t14-,17?,18?,19?,21?,22+,23?,26-,27-/m1/s1. The summed E-state index contributed by atoms with van der Waals surface area (Å²) < 4.78 is 16.1. The third kappa shape index (κ3) is 3.34. The highest BCUT2D eigenvalue weighted by molar-refractivity contribution is 5.94. The molecule has 0 aromatic heterocycles. The lowest BCUT2D eigenvalue weighted by Crippen LogP contribution is -2.53. The SMILES string of the molecule is COC(=O)C(C[C@@H](C)C1CCC2C3C4O[C@H]4C4=CC(=O)CC[C@]4(C)C3CC[C@@]21C)C(=O)OC. The van der Waals surface area contributed by atoms with E-state index in [9.17, 15) is 14.4 Å². The number of hydrogen-bond acceptors (Lipinski definition) is 6. The summed E-state index contributed by atoms with van der Waals surface area (Å²) in [5.74, 6) is 0.777. The molecule has 1 saturated heterocycles. The van der Waals surface area contributed by atoms with E-state index in [1.165, 1.54) is 26.2 Å². The van der Waals surface area contributed by atoms with Gasteiger partial charge >= 0.3 is 11.9 Å². The fraction of sp³-hybridized carbons (Fsp3) is 0.815. The molecule has 6 heteroatoms. The van der Waals surface area contributed by atoms with E-state index >= 15 is 0 Å². The van der Waals surface area contributed by atoms with Gasteiger partial charge in [-0.15, -0.1) is 0 Å². The summed E-state index contributed by atoms with van der Waals surface area (Å²) in [6.07, 6.45) is 9.01. The quantitative estimate of drug-likeness (QED) is 0.350. The maximum absolute atomic E-state index is 12.3. The van der Waals surface area contributed by atoms with E-state index in [4.69, 9.17) is 14.2 Å². The smallest absolute Gasteiger partial charge is 0.320 e. The van der Waals surface area contributed by atoms with Gasteiger partial charge in [0, 0.05) is 6.42 Å². The van der Waals surface area contributed by atoms with Crippen molar-refractivity contribution in [2.45, 2.75) is 77.9 Å². The molecule has 0 amide bonds. The van der Waals surface area contributed by atoms with Gasteiger partial charge < -0.3 is 14.2 Å². The van der Waals surface area contributed by atoms with E-state index in [1.54, 1.807) is 0 Å². The van der Waals surface area contributed by atoms with Gasteiger partial charge in [-0.05, 0) is 90.6 Å². The van der Waals surface area contributed by atoms with Gasteiger partial charge in [-0.25, -0.2) is 0 Å². The fourth-order valence-corrected chi connectivity index (χ4v) is 8.89. The van der Waals surface area contributed by atoms with Crippen LogP contribution < -0.4 is 0 Å². The van der Waals surface area contributed by atoms with E-state index in [1.807, 2.05) is 6.08 Å². The summed E-state index contributed by atoms with van der Waals surface area (Å²) in [6.45, 7) is 7.02. The van der Waals surface area contributed by atoms with Crippen LogP contribution in [0.4, 0.5) is 0 Å². The van der Waals surface area contributed by atoms with Crippen molar-refractivity contribution in [1.82, 2.24) is 0 Å². The van der Waals surface area contributed by atoms with E-state index in [0.717, 1.165) is 25.7 Å². The van der Waals surface area contributed by atoms with Crippen LogP contribution in [0.5, 0.6) is 0 Å². The number of hydrogen-bond donors (Lipinski definition) is 0. The Kier molecular flexibility index (Phi) is 5.54. The Labute approximate surface area is 196 Å². The highest BCUT2D eigenvalue weighted by Gasteiger charge is 2.69. The average molecular weight is 459 g/mol. The van der Waals surface area contributed by atoms with Crippen LogP contribution >= 0.6 is 0 Å². The lowest BCUT2D eigenvalue weighted by Gasteiger charge is -2.57. The van der Waals surface area contributed by atoms with Crippen molar-refractivity contribution in [2.24, 2.45) is 46.3 Å². The van der Waals surface area contributed by atoms with Gasteiger partial charge in [0.2, 0.25) is 0 Å². The highest BCUT2D eigenvalue weighted by Crippen LogP contribution is 2.70. The van der Waals surface area contributed by atoms with Gasteiger partial charge in [-0.1, -0.05) is 20.8 Å². The monoisotopic (exact) mass is 458 g/mol. The van der Waals surface area contributed by atoms with Crippen LogP contribution in [-0.4, -0.2) is 44.1 Å². The van der Waals surface area contributed by atoms with Crippen LogP contribution in [0.3, 0.4) is 0 Å². The van der Waals surface area contributed by atoms with Gasteiger partial charge in [0.05, 0.1) is 20.3 Å². The Morgan fingerprint density at radius 2 is 1.79 bits per heavy atom. The molecule has 5 unspecified atom stereocenters. The molecule has 0 spiro atoms. The third-order valence-electron chi connectivity index (χ3n) is 10.6. The molecule has 6 nitrogen and oxygen atoms in total. The molecule has 33 heavy (non-hydrogen) atoms. The molecular formula is C27H38O6. The summed E-state index contributed by atoms with van der Waals surface area (Å²) in [7, 11) is 2.66. The van der Waals surface area contributed by atoms with Crippen molar-refractivity contribution in [3.8, 4) is 0 Å². The molecule has 0 radical (unpaired) electrons. The summed E-state index contributed by atoms with van der Waals surface area (Å²) in [5, 5.41) is 0. The molecular weight excluding hydrogens is 420 g/mol. The van der Waals surface area contributed by atoms with E-state index in [-0.39, 0.29) is 34.7 Å². The molecule has 5 aliphatic rings. The molecule has 0 bridgehead atoms. The Morgan fingerprint density at radius 3 is 2.45 bits per heavy atom. The second-order valence-corrected chi connectivity index (χ2v) is 11.8. The van der Waals surface area contributed by atoms with Crippen molar-refractivity contribution in [2.75, 3.05) is 14.2 Å². The summed E-state index contributed by atoms with van der Waals surface area (Å²) in [6, 6.07) is 0. The fourth-order valence-electron chi connectivity index (χ4n) is 8.89. The molecule has 4 aliphatic carbocycles. The molecule has 1 heterocycles. The number of rotatable bonds is 5. The van der Waals surface area contributed by atoms with Gasteiger partial charge in [-0.3, -0.25) is 14.4 Å². The molecule has 0 N–H and O–H groups in total. The normalized spacial score (nSPS) is 44.1. The number of carbonyl (C=O) groups is 3. The van der Waals surface area contributed by atoms with Crippen molar-refractivity contribution in [3.05, 3.63) is 11.6 Å². The lowest BCUT2D eigenvalue weighted by atomic mass is 9.46. The zero-order valence-corrected chi connectivity index (χ0v) is 20.6. The predicted octanol–water partition coefficient (Wildman–Crippen LogP) is 4.11.